The Morgan fingerprint density at radius 2 is 1.86 bits per heavy atom. The molecule has 0 amide bonds. The van der Waals surface area contributed by atoms with Gasteiger partial charge in [-0.15, -0.1) is 0 Å². The number of benzene rings is 1. The Labute approximate surface area is 166 Å². The predicted octanol–water partition coefficient (Wildman–Crippen LogP) is 5.63. The molecular weight excluding hydrogens is 346 g/mol. The van der Waals surface area contributed by atoms with Crippen LogP contribution in [0.15, 0.2) is 59.5 Å². The summed E-state index contributed by atoms with van der Waals surface area (Å²) in [6.07, 6.45) is 14.0. The Hall–Kier alpha value is -3.06. The first kappa shape index (κ1) is 19.7. The number of aryl methyl sites for hydroxylation is 1. The zero-order valence-electron chi connectivity index (χ0n) is 16.4. The smallest absolute Gasteiger partial charge is 0.257 e. The van der Waals surface area contributed by atoms with E-state index >= 15 is 0 Å². The van der Waals surface area contributed by atoms with Gasteiger partial charge in [-0.1, -0.05) is 61.7 Å². The van der Waals surface area contributed by atoms with Crippen LogP contribution in [0.25, 0.3) is 16.8 Å². The van der Waals surface area contributed by atoms with Gasteiger partial charge < -0.3 is 4.98 Å². The fourth-order valence-corrected chi connectivity index (χ4v) is 3.57. The van der Waals surface area contributed by atoms with Crippen LogP contribution in [0.4, 0.5) is 0 Å². The minimum Gasteiger partial charge on any atom is -0.344 e. The van der Waals surface area contributed by atoms with Gasteiger partial charge in [0.25, 0.3) is 5.56 Å². The molecule has 0 atom stereocenters. The molecule has 0 aliphatic heterocycles. The molecule has 0 saturated carbocycles. The molecule has 1 N–H and O–H groups in total. The molecule has 4 nitrogen and oxygen atoms in total. The van der Waals surface area contributed by atoms with E-state index in [1.54, 1.807) is 16.7 Å². The second-order valence-corrected chi connectivity index (χ2v) is 7.12. The number of hydrogen-bond acceptors (Lipinski definition) is 2. The van der Waals surface area contributed by atoms with Crippen LogP contribution in [0.3, 0.4) is 0 Å². The van der Waals surface area contributed by atoms with Crippen LogP contribution in [0.2, 0.25) is 0 Å². The number of allylic oxidation sites excluding steroid dienone is 2. The van der Waals surface area contributed by atoms with Gasteiger partial charge in [-0.3, -0.25) is 9.20 Å². The van der Waals surface area contributed by atoms with Crippen LogP contribution in [-0.2, 0) is 6.42 Å². The van der Waals surface area contributed by atoms with Crippen molar-refractivity contribution in [3.05, 3.63) is 76.4 Å². The van der Waals surface area contributed by atoms with Crippen LogP contribution >= 0.6 is 0 Å². The van der Waals surface area contributed by atoms with E-state index in [2.05, 4.69) is 30.1 Å². The molecule has 144 valence electrons. The van der Waals surface area contributed by atoms with Gasteiger partial charge in [0.05, 0.1) is 0 Å². The number of nitrogens with zero attached hydrogens (tertiary/aromatic N) is 2. The number of unbranched alkanes of at least 4 members (excludes halogenated alkanes) is 5. The van der Waals surface area contributed by atoms with E-state index in [1.807, 2.05) is 30.3 Å². The average molecular weight is 374 g/mol. The van der Waals surface area contributed by atoms with Crippen molar-refractivity contribution in [1.82, 2.24) is 9.38 Å². The van der Waals surface area contributed by atoms with Crippen molar-refractivity contribution in [2.24, 2.45) is 0 Å². The van der Waals surface area contributed by atoms with Crippen LogP contribution in [0, 0.1) is 11.3 Å². The van der Waals surface area contributed by atoms with Crippen molar-refractivity contribution >= 4 is 5.65 Å². The molecule has 0 aliphatic carbocycles. The normalized spacial score (nSPS) is 11.3. The molecule has 2 aromatic heterocycles. The molecule has 3 rings (SSSR count). The van der Waals surface area contributed by atoms with Gasteiger partial charge in [-0.2, -0.15) is 5.26 Å². The third kappa shape index (κ3) is 4.61. The van der Waals surface area contributed by atoms with Gasteiger partial charge in [-0.05, 0) is 38.2 Å². The number of nitrogens with one attached hydrogen (secondary N) is 1. The topological polar surface area (TPSA) is 61.1 Å². The molecule has 2 heterocycles. The maximum atomic E-state index is 12.6. The highest BCUT2D eigenvalue weighted by atomic mass is 16.1. The maximum Gasteiger partial charge on any atom is 0.257 e. The first-order valence-corrected chi connectivity index (χ1v) is 10.1. The lowest BCUT2D eigenvalue weighted by Crippen LogP contribution is -2.13. The highest BCUT2D eigenvalue weighted by Gasteiger charge is 2.15. The lowest BCUT2D eigenvalue weighted by atomic mass is 10.1. The molecule has 0 spiro atoms. The Morgan fingerprint density at radius 1 is 1.11 bits per heavy atom. The second-order valence-electron chi connectivity index (χ2n) is 7.12. The third-order valence-electron chi connectivity index (χ3n) is 5.07. The van der Waals surface area contributed by atoms with Crippen molar-refractivity contribution in [3.63, 3.8) is 0 Å². The largest absolute Gasteiger partial charge is 0.344 e. The van der Waals surface area contributed by atoms with Gasteiger partial charge in [0.1, 0.15) is 17.3 Å². The van der Waals surface area contributed by atoms with E-state index in [0.29, 0.717) is 11.2 Å². The Morgan fingerprint density at radius 3 is 2.61 bits per heavy atom. The summed E-state index contributed by atoms with van der Waals surface area (Å²) in [6.45, 7) is 2.06. The van der Waals surface area contributed by atoms with Crippen LogP contribution in [-0.4, -0.2) is 9.38 Å². The number of hydrogen-bond donors (Lipinski definition) is 1. The first-order valence-electron chi connectivity index (χ1n) is 10.1. The number of rotatable bonds is 9. The highest BCUT2D eigenvalue weighted by molar-refractivity contribution is 5.78. The van der Waals surface area contributed by atoms with Crippen molar-refractivity contribution in [3.8, 4) is 17.2 Å². The van der Waals surface area contributed by atoms with E-state index < -0.39 is 0 Å². The van der Waals surface area contributed by atoms with E-state index in [9.17, 15) is 10.1 Å². The molecule has 0 saturated heterocycles. The first-order chi connectivity index (χ1) is 13.7. The molecule has 0 unspecified atom stereocenters. The Kier molecular flexibility index (Phi) is 6.86. The van der Waals surface area contributed by atoms with Crippen molar-refractivity contribution in [1.29, 1.82) is 5.26 Å². The lowest BCUT2D eigenvalue weighted by molar-refractivity contribution is 0.614. The minimum absolute atomic E-state index is 0.0891. The van der Waals surface area contributed by atoms with Crippen molar-refractivity contribution in [2.75, 3.05) is 0 Å². The molecule has 0 fully saturated rings. The Bertz CT molecular complexity index is 1040. The summed E-state index contributed by atoms with van der Waals surface area (Å²) < 4.78 is 1.55. The van der Waals surface area contributed by atoms with Gasteiger partial charge >= 0.3 is 0 Å². The number of H-pyrrole nitrogens is 1. The third-order valence-corrected chi connectivity index (χ3v) is 5.07. The quantitative estimate of drug-likeness (QED) is 0.390. The maximum absolute atomic E-state index is 12.6. The molecule has 4 heteroatoms. The van der Waals surface area contributed by atoms with E-state index in [-0.39, 0.29) is 5.56 Å². The van der Waals surface area contributed by atoms with Crippen molar-refractivity contribution < 1.29 is 0 Å². The fraction of sp³-hybridized carbons (Fsp3) is 0.333. The molecule has 0 radical (unpaired) electrons. The zero-order chi connectivity index (χ0) is 19.8. The summed E-state index contributed by atoms with van der Waals surface area (Å²) in [5.41, 5.74) is 3.66. The predicted molar refractivity (Wildman–Crippen MR) is 114 cm³/mol. The Balaban J connectivity index is 1.72. The van der Waals surface area contributed by atoms with Crippen LogP contribution in [0.5, 0.6) is 0 Å². The molecule has 0 aliphatic rings. The highest BCUT2D eigenvalue weighted by Crippen LogP contribution is 2.26. The molecule has 0 bridgehead atoms. The lowest BCUT2D eigenvalue weighted by Gasteiger charge is -2.04. The van der Waals surface area contributed by atoms with Crippen LogP contribution < -0.4 is 5.56 Å². The summed E-state index contributed by atoms with van der Waals surface area (Å²) in [6, 6.07) is 13.7. The molecule has 28 heavy (non-hydrogen) atoms. The summed E-state index contributed by atoms with van der Waals surface area (Å²) in [5.74, 6) is 0. The number of aromatic amines is 1. The zero-order valence-corrected chi connectivity index (χ0v) is 16.4. The second kappa shape index (κ2) is 9.75. The molecular formula is C24H27N3O. The number of fused-ring (bicyclic) bond motifs is 1. The van der Waals surface area contributed by atoms with Crippen molar-refractivity contribution in [2.45, 2.75) is 51.9 Å². The summed E-state index contributed by atoms with van der Waals surface area (Å²) >= 11 is 0. The SMILES string of the molecule is CC=CCCCCCCCc1cc(=O)n2cc(-c3ccccc3)c(C#N)c2[nH]1. The average Bonchev–Trinajstić information content (AvgIpc) is 3.10. The number of aromatic nitrogens is 2. The fourth-order valence-electron chi connectivity index (χ4n) is 3.57. The van der Waals surface area contributed by atoms with Crippen LogP contribution in [0.1, 0.15) is 56.7 Å². The van der Waals surface area contributed by atoms with Gasteiger partial charge in [0, 0.05) is 23.5 Å². The summed E-state index contributed by atoms with van der Waals surface area (Å²) in [4.78, 5) is 15.9. The minimum atomic E-state index is -0.0891. The van der Waals surface area contributed by atoms with Gasteiger partial charge in [0.2, 0.25) is 0 Å². The summed E-state index contributed by atoms with van der Waals surface area (Å²) in [5, 5.41) is 9.69. The van der Waals surface area contributed by atoms with E-state index in [1.165, 1.54) is 19.3 Å². The molecule has 3 aromatic rings. The monoisotopic (exact) mass is 373 g/mol. The standard InChI is InChI=1S/C24H27N3O/c1-2-3-4-5-6-7-8-12-15-20-16-23(28)27-18-22(19-13-10-9-11-14-19)21(17-25)24(27)26-20/h2-3,9-11,13-14,16,18,26H,4-8,12,15H2,1H3. The number of nitriles is 1. The summed E-state index contributed by atoms with van der Waals surface area (Å²) in [7, 11) is 0. The van der Waals surface area contributed by atoms with E-state index in [4.69, 9.17) is 0 Å². The molecule has 1 aromatic carbocycles. The van der Waals surface area contributed by atoms with Gasteiger partial charge in [-0.25, -0.2) is 0 Å². The van der Waals surface area contributed by atoms with E-state index in [0.717, 1.165) is 42.5 Å². The van der Waals surface area contributed by atoms with Gasteiger partial charge in [0.15, 0.2) is 0 Å².